The highest BCUT2D eigenvalue weighted by atomic mass is 32.1. The highest BCUT2D eigenvalue weighted by molar-refractivity contribution is 7.17. The van der Waals surface area contributed by atoms with Crippen molar-refractivity contribution >= 4 is 33.9 Å². The lowest BCUT2D eigenvalue weighted by atomic mass is 9.94. The Morgan fingerprint density at radius 3 is 2.48 bits per heavy atom. The number of ether oxygens (including phenoxy) is 1. The van der Waals surface area contributed by atoms with E-state index in [9.17, 15) is 9.59 Å². The van der Waals surface area contributed by atoms with E-state index in [1.165, 1.54) is 23.2 Å². The molecule has 2 aliphatic rings. The number of carbonyl (C=O) groups excluding carboxylic acids is 2. The van der Waals surface area contributed by atoms with Crippen LogP contribution in [0.5, 0.6) is 0 Å². The summed E-state index contributed by atoms with van der Waals surface area (Å²) in [5, 5.41) is 3.75. The van der Waals surface area contributed by atoms with Crippen molar-refractivity contribution in [1.29, 1.82) is 0 Å². The largest absolute Gasteiger partial charge is 0.465 e. The van der Waals surface area contributed by atoms with Crippen LogP contribution in [0.3, 0.4) is 0 Å². The van der Waals surface area contributed by atoms with Crippen LogP contribution in [-0.4, -0.2) is 32.1 Å². The van der Waals surface area contributed by atoms with Gasteiger partial charge in [0.1, 0.15) is 5.00 Å². The van der Waals surface area contributed by atoms with Gasteiger partial charge in [-0.25, -0.2) is 4.79 Å². The number of hydrogen-bond acceptors (Lipinski definition) is 5. The number of hydrogen-bond donors (Lipinski definition) is 1. The monoisotopic (exact) mass is 412 g/mol. The topological polar surface area (TPSA) is 58.6 Å². The van der Waals surface area contributed by atoms with Crippen LogP contribution < -0.4 is 10.2 Å². The first-order valence-corrected chi connectivity index (χ1v) is 11.2. The Kier molecular flexibility index (Phi) is 5.90. The van der Waals surface area contributed by atoms with Crippen LogP contribution in [0.1, 0.15) is 52.0 Å². The standard InChI is InChI=1S/C23H28N2O3S/c1-15-7-9-17(10-8-15)25-13-11-16(12-14-25)21(26)24-22-20(23(27)28-2)18-5-3-4-6-19(18)29-22/h7-10,16H,3-6,11-14H2,1-2H3,(H,24,26). The number of rotatable bonds is 4. The van der Waals surface area contributed by atoms with E-state index in [-0.39, 0.29) is 17.8 Å². The summed E-state index contributed by atoms with van der Waals surface area (Å²) >= 11 is 1.55. The van der Waals surface area contributed by atoms with E-state index in [4.69, 9.17) is 4.74 Å². The van der Waals surface area contributed by atoms with E-state index in [0.29, 0.717) is 10.6 Å². The molecule has 29 heavy (non-hydrogen) atoms. The number of benzene rings is 1. The molecule has 1 saturated heterocycles. The van der Waals surface area contributed by atoms with Gasteiger partial charge < -0.3 is 15.0 Å². The van der Waals surface area contributed by atoms with Gasteiger partial charge in [-0.2, -0.15) is 0 Å². The molecule has 1 fully saturated rings. The predicted molar refractivity (Wildman–Crippen MR) is 117 cm³/mol. The third kappa shape index (κ3) is 4.17. The number of thiophene rings is 1. The van der Waals surface area contributed by atoms with Crippen molar-refractivity contribution < 1.29 is 14.3 Å². The first-order chi connectivity index (χ1) is 14.1. The van der Waals surface area contributed by atoms with Gasteiger partial charge >= 0.3 is 5.97 Å². The number of methoxy groups -OCH3 is 1. The molecule has 1 aliphatic heterocycles. The Hall–Kier alpha value is -2.34. The minimum Gasteiger partial charge on any atom is -0.465 e. The lowest BCUT2D eigenvalue weighted by Crippen LogP contribution is -2.38. The van der Waals surface area contributed by atoms with Gasteiger partial charge in [-0.3, -0.25) is 4.79 Å². The second-order valence-corrected chi connectivity index (χ2v) is 9.10. The van der Waals surface area contributed by atoms with Gasteiger partial charge in [0.2, 0.25) is 5.91 Å². The normalized spacial score (nSPS) is 17.0. The van der Waals surface area contributed by atoms with Crippen LogP contribution in [0.15, 0.2) is 24.3 Å². The van der Waals surface area contributed by atoms with Gasteiger partial charge in [-0.05, 0) is 63.1 Å². The van der Waals surface area contributed by atoms with Gasteiger partial charge in [0, 0.05) is 29.6 Å². The van der Waals surface area contributed by atoms with Gasteiger partial charge in [0.15, 0.2) is 0 Å². The molecular formula is C23H28N2O3S. The minimum absolute atomic E-state index is 0.0253. The van der Waals surface area contributed by atoms with Gasteiger partial charge in [0.05, 0.1) is 12.7 Å². The molecule has 154 valence electrons. The Bertz CT molecular complexity index is 896. The smallest absolute Gasteiger partial charge is 0.341 e. The van der Waals surface area contributed by atoms with Crippen LogP contribution in [0.2, 0.25) is 0 Å². The first kappa shape index (κ1) is 20.0. The van der Waals surface area contributed by atoms with Crippen LogP contribution in [0.25, 0.3) is 0 Å². The van der Waals surface area contributed by atoms with Gasteiger partial charge in [0.25, 0.3) is 0 Å². The van der Waals surface area contributed by atoms with Crippen LogP contribution in [-0.2, 0) is 22.4 Å². The number of amides is 1. The van der Waals surface area contributed by atoms with Crippen LogP contribution >= 0.6 is 11.3 Å². The number of nitrogens with one attached hydrogen (secondary N) is 1. The SMILES string of the molecule is COC(=O)c1c(NC(=O)C2CCN(c3ccc(C)cc3)CC2)sc2c1CCCC2. The average molecular weight is 413 g/mol. The number of aryl methyl sites for hydroxylation is 2. The van der Waals surface area contributed by atoms with E-state index in [2.05, 4.69) is 41.4 Å². The summed E-state index contributed by atoms with van der Waals surface area (Å²) < 4.78 is 5.01. The van der Waals surface area contributed by atoms with Crippen molar-refractivity contribution in [1.82, 2.24) is 0 Å². The molecule has 2 heterocycles. The third-order valence-corrected chi connectivity index (χ3v) is 7.27. The van der Waals surface area contributed by atoms with Crippen molar-refractivity contribution in [2.24, 2.45) is 5.92 Å². The number of carbonyl (C=O) groups is 2. The van der Waals surface area contributed by atoms with Crippen molar-refractivity contribution in [3.05, 3.63) is 45.8 Å². The fourth-order valence-corrected chi connectivity index (χ4v) is 5.62. The maximum absolute atomic E-state index is 13.0. The van der Waals surface area contributed by atoms with Crippen LogP contribution in [0.4, 0.5) is 10.7 Å². The first-order valence-electron chi connectivity index (χ1n) is 10.4. The molecule has 1 N–H and O–H groups in total. The second kappa shape index (κ2) is 8.57. The number of piperidine rings is 1. The summed E-state index contributed by atoms with van der Waals surface area (Å²) in [6.45, 7) is 3.82. The molecule has 5 nitrogen and oxygen atoms in total. The lowest BCUT2D eigenvalue weighted by Gasteiger charge is -2.33. The zero-order valence-corrected chi connectivity index (χ0v) is 17.9. The summed E-state index contributed by atoms with van der Waals surface area (Å²) in [6.07, 6.45) is 5.73. The maximum Gasteiger partial charge on any atom is 0.341 e. The molecule has 1 amide bonds. The molecule has 0 bridgehead atoms. The molecule has 0 atom stereocenters. The third-order valence-electron chi connectivity index (χ3n) is 6.06. The zero-order chi connectivity index (χ0) is 20.4. The van der Waals surface area contributed by atoms with Crippen molar-refractivity contribution in [3.63, 3.8) is 0 Å². The Labute approximate surface area is 176 Å². The lowest BCUT2D eigenvalue weighted by molar-refractivity contribution is -0.120. The van der Waals surface area contributed by atoms with E-state index in [0.717, 1.165) is 57.2 Å². The summed E-state index contributed by atoms with van der Waals surface area (Å²) in [5.74, 6) is -0.340. The number of esters is 1. The summed E-state index contributed by atoms with van der Waals surface area (Å²) in [5.41, 5.74) is 4.13. The van der Waals surface area contributed by atoms with Gasteiger partial charge in [-0.15, -0.1) is 11.3 Å². The molecule has 2 aromatic rings. The van der Waals surface area contributed by atoms with Crippen molar-refractivity contribution in [2.75, 3.05) is 30.4 Å². The van der Waals surface area contributed by atoms with Crippen LogP contribution in [0, 0.1) is 12.8 Å². The molecule has 0 radical (unpaired) electrons. The molecule has 1 aromatic carbocycles. The van der Waals surface area contributed by atoms with E-state index in [1.807, 2.05) is 0 Å². The predicted octanol–water partition coefficient (Wildman–Crippen LogP) is 4.58. The highest BCUT2D eigenvalue weighted by Crippen LogP contribution is 2.39. The molecule has 4 rings (SSSR count). The molecule has 0 saturated carbocycles. The Morgan fingerprint density at radius 1 is 1.10 bits per heavy atom. The summed E-state index contributed by atoms with van der Waals surface area (Å²) in [4.78, 5) is 28.9. The molecule has 1 aliphatic carbocycles. The van der Waals surface area contributed by atoms with E-state index >= 15 is 0 Å². The molecule has 6 heteroatoms. The fraction of sp³-hybridized carbons (Fsp3) is 0.478. The quantitative estimate of drug-likeness (QED) is 0.747. The number of nitrogens with zero attached hydrogens (tertiary/aromatic N) is 1. The van der Waals surface area contributed by atoms with E-state index < -0.39 is 0 Å². The van der Waals surface area contributed by atoms with Crippen molar-refractivity contribution in [2.45, 2.75) is 45.4 Å². The van der Waals surface area contributed by atoms with Gasteiger partial charge in [-0.1, -0.05) is 17.7 Å². The summed E-state index contributed by atoms with van der Waals surface area (Å²) in [7, 11) is 1.40. The van der Waals surface area contributed by atoms with Crippen molar-refractivity contribution in [3.8, 4) is 0 Å². The Balaban J connectivity index is 1.43. The fourth-order valence-electron chi connectivity index (χ4n) is 4.34. The molecule has 1 aromatic heterocycles. The number of anilines is 2. The maximum atomic E-state index is 13.0. The Morgan fingerprint density at radius 2 is 1.79 bits per heavy atom. The number of fused-ring (bicyclic) bond motifs is 1. The molecule has 0 unspecified atom stereocenters. The summed E-state index contributed by atoms with van der Waals surface area (Å²) in [6, 6.07) is 8.55. The zero-order valence-electron chi connectivity index (χ0n) is 17.1. The van der Waals surface area contributed by atoms with E-state index in [1.54, 1.807) is 11.3 Å². The average Bonchev–Trinajstić information content (AvgIpc) is 3.11. The molecular weight excluding hydrogens is 384 g/mol. The molecule has 0 spiro atoms. The minimum atomic E-state index is -0.339. The highest BCUT2D eigenvalue weighted by Gasteiger charge is 2.30. The second-order valence-electron chi connectivity index (χ2n) is 7.99.